The highest BCUT2D eigenvalue weighted by molar-refractivity contribution is 5.97. The third-order valence-corrected chi connectivity index (χ3v) is 13.7. The second kappa shape index (κ2) is 11.1. The minimum atomic E-state index is -1.11. The molecule has 1 saturated heterocycles. The van der Waals surface area contributed by atoms with Crippen LogP contribution in [0.2, 0.25) is 0 Å². The smallest absolute Gasteiger partial charge is 0.222 e. The van der Waals surface area contributed by atoms with Crippen LogP contribution < -0.4 is 4.74 Å². The number of fused-ring (bicyclic) bond motifs is 20. The largest absolute Gasteiger partial charge is 0.497 e. The summed E-state index contributed by atoms with van der Waals surface area (Å²) in [6.07, 6.45) is 0. The summed E-state index contributed by atoms with van der Waals surface area (Å²) in [5.41, 5.74) is 21.4. The Morgan fingerprint density at radius 2 is 0.667 bits per heavy atom. The van der Waals surface area contributed by atoms with Crippen LogP contribution in [0.25, 0.3) is 44.5 Å². The molecule has 4 aliphatic carbocycles. The molecule has 8 aromatic rings. The first-order valence-corrected chi connectivity index (χ1v) is 19.9. The summed E-state index contributed by atoms with van der Waals surface area (Å²) in [6.45, 7) is 0.999. The van der Waals surface area contributed by atoms with E-state index in [1.165, 1.54) is 89.0 Å². The molecule has 0 radical (unpaired) electrons. The first kappa shape index (κ1) is 31.7. The van der Waals surface area contributed by atoms with Gasteiger partial charge < -0.3 is 14.2 Å². The van der Waals surface area contributed by atoms with Gasteiger partial charge in [-0.05, 0) is 113 Å². The van der Waals surface area contributed by atoms with E-state index < -0.39 is 16.6 Å². The van der Waals surface area contributed by atoms with E-state index >= 15 is 0 Å². The summed E-state index contributed by atoms with van der Waals surface area (Å²) in [6, 6.07) is 65.2. The van der Waals surface area contributed by atoms with Gasteiger partial charge in [-0.3, -0.25) is 0 Å². The molecule has 13 rings (SSSR count). The van der Waals surface area contributed by atoms with Crippen molar-refractivity contribution in [1.29, 1.82) is 0 Å². The Kier molecular flexibility index (Phi) is 6.15. The molecule has 3 heteroatoms. The summed E-state index contributed by atoms with van der Waals surface area (Å²) >= 11 is 0. The molecule has 0 aromatic heterocycles. The molecule has 1 heterocycles. The van der Waals surface area contributed by atoms with Crippen molar-refractivity contribution >= 4 is 0 Å². The van der Waals surface area contributed by atoms with Gasteiger partial charge in [0.15, 0.2) is 0 Å². The van der Waals surface area contributed by atoms with E-state index in [4.69, 9.17) is 14.2 Å². The molecule has 2 spiro atoms. The van der Waals surface area contributed by atoms with Crippen LogP contribution in [0.1, 0.15) is 55.6 Å². The van der Waals surface area contributed by atoms with E-state index in [2.05, 4.69) is 176 Å². The van der Waals surface area contributed by atoms with Crippen LogP contribution in [0, 0.1) is 0 Å². The Bertz CT molecular complexity index is 2930. The predicted molar refractivity (Wildman–Crippen MR) is 225 cm³/mol. The topological polar surface area (TPSA) is 27.7 Å². The van der Waals surface area contributed by atoms with Crippen molar-refractivity contribution in [2.24, 2.45) is 0 Å². The molecular weight excluding hydrogens is 697 g/mol. The van der Waals surface area contributed by atoms with Crippen LogP contribution >= 0.6 is 0 Å². The van der Waals surface area contributed by atoms with Gasteiger partial charge in [0.25, 0.3) is 0 Å². The van der Waals surface area contributed by atoms with Crippen molar-refractivity contribution in [3.63, 3.8) is 0 Å². The SMILES string of the molecule is COc1ccc2c(c1)C1(c3ccccc3-c3ccccc31)c1cc(C3(c4ccc5c(c4)C4(c6ccccc6-c6ccccc64)c4ccccc4-5)OCCO3)ccc1-2. The molecule has 1 fully saturated rings. The highest BCUT2D eigenvalue weighted by atomic mass is 16.7. The summed E-state index contributed by atoms with van der Waals surface area (Å²) in [5, 5.41) is 0. The van der Waals surface area contributed by atoms with E-state index in [9.17, 15) is 0 Å². The molecule has 270 valence electrons. The monoisotopic (exact) mass is 732 g/mol. The van der Waals surface area contributed by atoms with Crippen LogP contribution in [-0.4, -0.2) is 20.3 Å². The fourth-order valence-corrected chi connectivity index (χ4v) is 11.7. The van der Waals surface area contributed by atoms with Crippen molar-refractivity contribution in [3.05, 3.63) is 232 Å². The maximum atomic E-state index is 6.96. The third kappa shape index (κ3) is 3.66. The first-order valence-electron chi connectivity index (χ1n) is 19.9. The normalized spacial score (nSPS) is 17.0. The van der Waals surface area contributed by atoms with Crippen LogP contribution in [0.15, 0.2) is 176 Å². The van der Waals surface area contributed by atoms with Crippen molar-refractivity contribution in [2.45, 2.75) is 16.6 Å². The predicted octanol–water partition coefficient (Wildman–Crippen LogP) is 11.6. The number of benzene rings is 8. The van der Waals surface area contributed by atoms with Gasteiger partial charge in [0, 0.05) is 11.1 Å². The number of ether oxygens (including phenoxy) is 3. The number of hydrogen-bond donors (Lipinski definition) is 0. The lowest BCUT2D eigenvalue weighted by atomic mass is 9.69. The fraction of sp³-hybridized carbons (Fsp3) is 0.111. The molecule has 3 nitrogen and oxygen atoms in total. The zero-order chi connectivity index (χ0) is 37.5. The fourth-order valence-electron chi connectivity index (χ4n) is 11.7. The lowest BCUT2D eigenvalue weighted by Crippen LogP contribution is -2.32. The zero-order valence-corrected chi connectivity index (χ0v) is 31.4. The lowest BCUT2D eigenvalue weighted by molar-refractivity contribution is -0.130. The average molecular weight is 733 g/mol. The summed E-state index contributed by atoms with van der Waals surface area (Å²) in [5.74, 6) is -0.256. The van der Waals surface area contributed by atoms with E-state index in [-0.39, 0.29) is 0 Å². The lowest BCUT2D eigenvalue weighted by Gasteiger charge is -2.34. The van der Waals surface area contributed by atoms with Crippen molar-refractivity contribution in [3.8, 4) is 50.3 Å². The molecule has 8 aromatic carbocycles. The molecule has 1 aliphatic heterocycles. The first-order chi connectivity index (χ1) is 28.2. The Labute approximate surface area is 331 Å². The van der Waals surface area contributed by atoms with Gasteiger partial charge in [-0.2, -0.15) is 0 Å². The van der Waals surface area contributed by atoms with Crippen molar-refractivity contribution in [2.75, 3.05) is 20.3 Å². The van der Waals surface area contributed by atoms with Crippen molar-refractivity contribution < 1.29 is 14.2 Å². The van der Waals surface area contributed by atoms with Crippen LogP contribution in [0.4, 0.5) is 0 Å². The molecule has 0 atom stereocenters. The van der Waals surface area contributed by atoms with Gasteiger partial charge in [-0.25, -0.2) is 0 Å². The van der Waals surface area contributed by atoms with E-state index in [0.717, 1.165) is 16.9 Å². The molecule has 0 amide bonds. The summed E-state index contributed by atoms with van der Waals surface area (Å²) < 4.78 is 19.8. The highest BCUT2D eigenvalue weighted by Crippen LogP contribution is 2.65. The molecule has 5 aliphatic rings. The Morgan fingerprint density at radius 1 is 0.351 bits per heavy atom. The summed E-state index contributed by atoms with van der Waals surface area (Å²) in [4.78, 5) is 0. The Morgan fingerprint density at radius 3 is 1.05 bits per heavy atom. The summed E-state index contributed by atoms with van der Waals surface area (Å²) in [7, 11) is 1.76. The Balaban J connectivity index is 1.07. The molecule has 0 saturated carbocycles. The molecule has 0 bridgehead atoms. The van der Waals surface area contributed by atoms with E-state index in [1.807, 2.05) is 0 Å². The maximum absolute atomic E-state index is 6.96. The zero-order valence-electron chi connectivity index (χ0n) is 31.4. The van der Waals surface area contributed by atoms with Gasteiger partial charge >= 0.3 is 0 Å². The quantitative estimate of drug-likeness (QED) is 0.181. The van der Waals surface area contributed by atoms with Crippen molar-refractivity contribution in [1.82, 2.24) is 0 Å². The molecule has 0 unspecified atom stereocenters. The second-order valence-corrected chi connectivity index (χ2v) is 16.0. The van der Waals surface area contributed by atoms with Gasteiger partial charge in [0.05, 0.1) is 31.2 Å². The number of rotatable bonds is 3. The molecular formula is C54H36O3. The van der Waals surface area contributed by atoms with Gasteiger partial charge in [-0.15, -0.1) is 0 Å². The standard InChI is InChI=1S/C54H36O3/c1-55-35-24-27-43-42-26-23-34(31-50(42)53(51(43)32-35)47-20-10-4-14-38(47)39-15-5-11-21-48(39)53)54(56-28-29-57-54)33-22-25-41-40-16-6-9-19-46(40)52(49(41)30-33)44-17-7-2-12-36(44)37-13-3-8-18-45(37)52/h2-27,30-32H,28-29H2,1H3. The highest BCUT2D eigenvalue weighted by Gasteiger charge is 2.55. The number of methoxy groups -OCH3 is 1. The Hall–Kier alpha value is -6.52. The van der Waals surface area contributed by atoms with Gasteiger partial charge in [-0.1, -0.05) is 152 Å². The third-order valence-electron chi connectivity index (χ3n) is 13.7. The van der Waals surface area contributed by atoms with Gasteiger partial charge in [0.2, 0.25) is 5.79 Å². The second-order valence-electron chi connectivity index (χ2n) is 16.0. The maximum Gasteiger partial charge on any atom is 0.222 e. The molecule has 0 N–H and O–H groups in total. The number of hydrogen-bond acceptors (Lipinski definition) is 3. The van der Waals surface area contributed by atoms with Crippen LogP contribution in [0.3, 0.4) is 0 Å². The van der Waals surface area contributed by atoms with E-state index in [1.54, 1.807) is 7.11 Å². The van der Waals surface area contributed by atoms with Crippen LogP contribution in [0.5, 0.6) is 5.75 Å². The van der Waals surface area contributed by atoms with Crippen LogP contribution in [-0.2, 0) is 26.1 Å². The van der Waals surface area contributed by atoms with Gasteiger partial charge in [0.1, 0.15) is 5.75 Å². The average Bonchev–Trinajstić information content (AvgIpc) is 4.08. The minimum Gasteiger partial charge on any atom is -0.497 e. The van der Waals surface area contributed by atoms with E-state index in [0.29, 0.717) is 13.2 Å². The molecule has 57 heavy (non-hydrogen) atoms. The minimum absolute atomic E-state index is 0.463.